The molecule has 3 heterocycles. The van der Waals surface area contributed by atoms with E-state index < -0.39 is 36.5 Å². The minimum Gasteiger partial charge on any atom is -0.453 e. The number of fused-ring (bicyclic) bond motifs is 5. The Morgan fingerprint density at radius 2 is 1.76 bits per heavy atom. The number of amides is 1. The number of methoxy groups -OCH3 is 1. The van der Waals surface area contributed by atoms with E-state index in [0.717, 1.165) is 0 Å². The Hall–Kier alpha value is -1.79. The average Bonchev–Trinajstić information content (AvgIpc) is 2.75. The molecule has 3 aliphatic heterocycles. The molecule has 4 atom stereocenters. The predicted molar refractivity (Wildman–Crippen MR) is 51.2 cm³/mol. The zero-order valence-electron chi connectivity index (χ0n) is 9.12. The third kappa shape index (κ3) is 1.31. The first-order valence-electron chi connectivity index (χ1n) is 5.37. The number of ether oxygens (including phenoxy) is 3. The first-order valence-corrected chi connectivity index (χ1v) is 5.37. The van der Waals surface area contributed by atoms with Crippen LogP contribution in [0.25, 0.3) is 0 Å². The summed E-state index contributed by atoms with van der Waals surface area (Å²) in [6.45, 7) is 0. The zero-order chi connectivity index (χ0) is 12.2. The Kier molecular flexibility index (Phi) is 2.04. The number of rotatable bonds is 0. The van der Waals surface area contributed by atoms with Gasteiger partial charge in [-0.05, 0) is 0 Å². The third-order valence-electron chi connectivity index (χ3n) is 3.52. The highest BCUT2D eigenvalue weighted by Gasteiger charge is 2.62. The molecule has 7 nitrogen and oxygen atoms in total. The van der Waals surface area contributed by atoms with Crippen LogP contribution in [0.4, 0.5) is 9.59 Å². The maximum Gasteiger partial charge on any atom is 0.509 e. The SMILES string of the molecule is COC(=O)N1[C@@H]2CC(=O)C[C@H]1[C@@H]1OC(=O)O[C@@H]12. The smallest absolute Gasteiger partial charge is 0.453 e. The van der Waals surface area contributed by atoms with Crippen molar-refractivity contribution in [2.24, 2.45) is 0 Å². The first kappa shape index (κ1) is 10.4. The molecule has 0 spiro atoms. The maximum absolute atomic E-state index is 11.6. The number of hydrogen-bond donors (Lipinski definition) is 0. The molecular weight excluding hydrogens is 230 g/mol. The molecule has 3 aliphatic rings. The van der Waals surface area contributed by atoms with Crippen LogP contribution in [0.2, 0.25) is 0 Å². The quantitative estimate of drug-likeness (QED) is 0.558. The van der Waals surface area contributed by atoms with Crippen LogP contribution >= 0.6 is 0 Å². The molecule has 0 aromatic heterocycles. The molecule has 2 bridgehead atoms. The number of Topliss-reactive ketones (excluding diaryl/α,β-unsaturated/α-hetero) is 1. The molecule has 0 unspecified atom stereocenters. The fourth-order valence-electron chi connectivity index (χ4n) is 2.90. The van der Waals surface area contributed by atoms with Crippen LogP contribution in [-0.4, -0.2) is 54.3 Å². The van der Waals surface area contributed by atoms with E-state index in [1.165, 1.54) is 12.0 Å². The van der Waals surface area contributed by atoms with E-state index >= 15 is 0 Å². The minimum atomic E-state index is -0.728. The van der Waals surface area contributed by atoms with Crippen molar-refractivity contribution in [1.82, 2.24) is 4.90 Å². The van der Waals surface area contributed by atoms with E-state index in [1.807, 2.05) is 0 Å². The van der Waals surface area contributed by atoms with Crippen molar-refractivity contribution in [1.29, 1.82) is 0 Å². The number of ketones is 1. The lowest BCUT2D eigenvalue weighted by Gasteiger charge is -2.33. The molecule has 0 saturated carbocycles. The van der Waals surface area contributed by atoms with Crippen molar-refractivity contribution in [3.63, 3.8) is 0 Å². The first-order chi connectivity index (χ1) is 8.11. The van der Waals surface area contributed by atoms with Gasteiger partial charge in [0.1, 0.15) is 5.78 Å². The van der Waals surface area contributed by atoms with Gasteiger partial charge in [0.2, 0.25) is 0 Å². The highest BCUT2D eigenvalue weighted by molar-refractivity contribution is 5.85. The molecule has 17 heavy (non-hydrogen) atoms. The van der Waals surface area contributed by atoms with Gasteiger partial charge < -0.3 is 14.2 Å². The Morgan fingerprint density at radius 1 is 1.24 bits per heavy atom. The number of carbonyl (C=O) groups excluding carboxylic acids is 3. The normalized spacial score (nSPS) is 38.5. The van der Waals surface area contributed by atoms with E-state index in [1.54, 1.807) is 0 Å². The molecule has 0 N–H and O–H groups in total. The summed E-state index contributed by atoms with van der Waals surface area (Å²) in [6, 6.07) is -0.907. The van der Waals surface area contributed by atoms with Crippen LogP contribution in [0, 0.1) is 0 Å². The molecule has 1 amide bonds. The lowest BCUT2D eigenvalue weighted by atomic mass is 10.0. The number of hydrogen-bond acceptors (Lipinski definition) is 6. The van der Waals surface area contributed by atoms with E-state index in [-0.39, 0.29) is 18.6 Å². The molecule has 3 rings (SSSR count). The summed E-state index contributed by atoms with van der Waals surface area (Å²) >= 11 is 0. The second-order valence-electron chi connectivity index (χ2n) is 4.37. The Balaban J connectivity index is 1.94. The summed E-state index contributed by atoms with van der Waals surface area (Å²) < 4.78 is 14.7. The summed E-state index contributed by atoms with van der Waals surface area (Å²) in [5, 5.41) is 0. The van der Waals surface area contributed by atoms with Crippen LogP contribution in [0.5, 0.6) is 0 Å². The van der Waals surface area contributed by atoms with Gasteiger partial charge >= 0.3 is 12.2 Å². The van der Waals surface area contributed by atoms with Crippen LogP contribution in [-0.2, 0) is 19.0 Å². The van der Waals surface area contributed by atoms with Crippen molar-refractivity contribution in [3.8, 4) is 0 Å². The fraction of sp³-hybridized carbons (Fsp3) is 0.700. The van der Waals surface area contributed by atoms with Gasteiger partial charge in [0.05, 0.1) is 19.2 Å². The molecule has 0 aromatic carbocycles. The number of carbonyl (C=O) groups is 3. The van der Waals surface area contributed by atoms with Crippen molar-refractivity contribution in [2.75, 3.05) is 7.11 Å². The summed E-state index contributed by atoms with van der Waals surface area (Å²) in [6.07, 6.45) is -1.96. The minimum absolute atomic E-state index is 0.0502. The monoisotopic (exact) mass is 241 g/mol. The van der Waals surface area contributed by atoms with E-state index in [9.17, 15) is 14.4 Å². The van der Waals surface area contributed by atoms with Crippen LogP contribution in [0.3, 0.4) is 0 Å². The Morgan fingerprint density at radius 3 is 2.24 bits per heavy atom. The molecular formula is C10H11NO6. The van der Waals surface area contributed by atoms with Gasteiger partial charge in [-0.15, -0.1) is 0 Å². The summed E-state index contributed by atoms with van der Waals surface area (Å²) in [7, 11) is 1.28. The maximum atomic E-state index is 11.6. The van der Waals surface area contributed by atoms with Crippen molar-refractivity contribution >= 4 is 18.0 Å². The van der Waals surface area contributed by atoms with Gasteiger partial charge in [0, 0.05) is 12.8 Å². The van der Waals surface area contributed by atoms with Gasteiger partial charge in [-0.3, -0.25) is 9.69 Å². The second kappa shape index (κ2) is 3.35. The lowest BCUT2D eigenvalue weighted by Crippen LogP contribution is -2.50. The fourth-order valence-corrected chi connectivity index (χ4v) is 2.90. The highest BCUT2D eigenvalue weighted by atomic mass is 16.8. The number of piperidine rings is 1. The van der Waals surface area contributed by atoms with Gasteiger partial charge in [0.25, 0.3) is 0 Å². The molecule has 0 aliphatic carbocycles. The summed E-state index contributed by atoms with van der Waals surface area (Å²) in [4.78, 5) is 35.7. The molecule has 0 aromatic rings. The average molecular weight is 241 g/mol. The standard InChI is InChI=1S/C10H11NO6/c1-15-9(13)11-5-2-4(12)3-6(11)8-7(5)16-10(14)17-8/h5-8H,2-3H2,1H3/t5-,6+,7-,8+. The van der Waals surface area contributed by atoms with Crippen LogP contribution < -0.4 is 0 Å². The second-order valence-corrected chi connectivity index (χ2v) is 4.37. The zero-order valence-corrected chi connectivity index (χ0v) is 9.12. The van der Waals surface area contributed by atoms with Gasteiger partial charge in [-0.2, -0.15) is 0 Å². The molecule has 3 saturated heterocycles. The van der Waals surface area contributed by atoms with Crippen LogP contribution in [0.1, 0.15) is 12.8 Å². The predicted octanol–water partition coefficient (Wildman–Crippen LogP) is 0.0725. The molecule has 92 valence electrons. The van der Waals surface area contributed by atoms with E-state index in [2.05, 4.69) is 4.74 Å². The van der Waals surface area contributed by atoms with Gasteiger partial charge in [-0.1, -0.05) is 0 Å². The van der Waals surface area contributed by atoms with Gasteiger partial charge in [0.15, 0.2) is 12.2 Å². The van der Waals surface area contributed by atoms with Crippen molar-refractivity contribution in [3.05, 3.63) is 0 Å². The van der Waals surface area contributed by atoms with Crippen molar-refractivity contribution < 1.29 is 28.6 Å². The third-order valence-corrected chi connectivity index (χ3v) is 3.52. The van der Waals surface area contributed by atoms with Gasteiger partial charge in [-0.25, -0.2) is 9.59 Å². The van der Waals surface area contributed by atoms with E-state index in [0.29, 0.717) is 0 Å². The Labute approximate surface area is 96.6 Å². The largest absolute Gasteiger partial charge is 0.509 e. The van der Waals surface area contributed by atoms with E-state index in [4.69, 9.17) is 9.47 Å². The topological polar surface area (TPSA) is 82.1 Å². The molecule has 7 heteroatoms. The summed E-state index contributed by atoms with van der Waals surface area (Å²) in [5.74, 6) is 0.0502. The Bertz CT molecular complexity index is 382. The lowest BCUT2D eigenvalue weighted by molar-refractivity contribution is -0.124. The molecule has 0 radical (unpaired) electrons. The molecule has 3 fully saturated rings. The highest BCUT2D eigenvalue weighted by Crippen LogP contribution is 2.41. The van der Waals surface area contributed by atoms with Crippen molar-refractivity contribution in [2.45, 2.75) is 37.1 Å². The van der Waals surface area contributed by atoms with Crippen LogP contribution in [0.15, 0.2) is 0 Å². The summed E-state index contributed by atoms with van der Waals surface area (Å²) in [5.41, 5.74) is 0. The number of nitrogens with zero attached hydrogens (tertiary/aromatic N) is 1.